The largest absolute Gasteiger partial charge is 0.370 e. The van der Waals surface area contributed by atoms with Crippen molar-refractivity contribution in [1.82, 2.24) is 10.3 Å². The zero-order chi connectivity index (χ0) is 10.5. The molecule has 1 aromatic rings. The first-order valence-electron chi connectivity index (χ1n) is 5.19. The van der Waals surface area contributed by atoms with E-state index in [0.29, 0.717) is 11.5 Å². The van der Waals surface area contributed by atoms with Crippen LogP contribution in [0, 0.1) is 17.2 Å². The van der Waals surface area contributed by atoms with Crippen LogP contribution in [0.5, 0.6) is 0 Å². The number of rotatable bonds is 3. The van der Waals surface area contributed by atoms with Gasteiger partial charge in [-0.25, -0.2) is 4.98 Å². The van der Waals surface area contributed by atoms with Crippen molar-refractivity contribution < 1.29 is 0 Å². The molecular formula is C11H15ClN4. The van der Waals surface area contributed by atoms with Gasteiger partial charge in [-0.1, -0.05) is 0 Å². The first-order chi connectivity index (χ1) is 7.38. The Morgan fingerprint density at radius 3 is 3.19 bits per heavy atom. The smallest absolute Gasteiger partial charge is 0.127 e. The molecule has 1 aliphatic rings. The quantitative estimate of drug-likeness (QED) is 0.836. The molecule has 0 amide bonds. The summed E-state index contributed by atoms with van der Waals surface area (Å²) < 4.78 is 0. The standard InChI is InChI=1S/C11H14N4.ClH/c12-6-9-2-4-14-11(5-9)15-8-10-1-3-13-7-10;/h2,4-5,10,13H,1,3,7-8H2,(H,14,15);1H. The Kier molecular flexibility index (Phi) is 5.03. The van der Waals surface area contributed by atoms with Crippen LogP contribution in [0.3, 0.4) is 0 Å². The molecule has 0 radical (unpaired) electrons. The Balaban J connectivity index is 0.00000128. The summed E-state index contributed by atoms with van der Waals surface area (Å²) in [5, 5.41) is 15.3. The summed E-state index contributed by atoms with van der Waals surface area (Å²) in [7, 11) is 0. The highest BCUT2D eigenvalue weighted by Gasteiger charge is 2.13. The first kappa shape index (κ1) is 12.8. The highest BCUT2D eigenvalue weighted by atomic mass is 35.5. The second kappa shape index (κ2) is 6.31. The maximum Gasteiger partial charge on any atom is 0.127 e. The summed E-state index contributed by atoms with van der Waals surface area (Å²) in [6.07, 6.45) is 2.87. The molecule has 1 aromatic heterocycles. The maximum atomic E-state index is 8.73. The predicted molar refractivity (Wildman–Crippen MR) is 65.7 cm³/mol. The number of pyridine rings is 1. The summed E-state index contributed by atoms with van der Waals surface area (Å²) >= 11 is 0. The average Bonchev–Trinajstić information content (AvgIpc) is 2.79. The van der Waals surface area contributed by atoms with Crippen LogP contribution in [0.2, 0.25) is 0 Å². The van der Waals surface area contributed by atoms with E-state index in [2.05, 4.69) is 21.7 Å². The van der Waals surface area contributed by atoms with Gasteiger partial charge in [-0.3, -0.25) is 0 Å². The van der Waals surface area contributed by atoms with Crippen LogP contribution in [0.4, 0.5) is 5.82 Å². The van der Waals surface area contributed by atoms with Crippen molar-refractivity contribution in [3.05, 3.63) is 23.9 Å². The van der Waals surface area contributed by atoms with Crippen molar-refractivity contribution in [1.29, 1.82) is 5.26 Å². The van der Waals surface area contributed by atoms with E-state index in [0.717, 1.165) is 25.5 Å². The fraction of sp³-hybridized carbons (Fsp3) is 0.455. The fourth-order valence-corrected chi connectivity index (χ4v) is 1.73. The topological polar surface area (TPSA) is 60.7 Å². The Labute approximate surface area is 101 Å². The number of hydrogen-bond acceptors (Lipinski definition) is 4. The third-order valence-electron chi connectivity index (χ3n) is 2.62. The van der Waals surface area contributed by atoms with Gasteiger partial charge in [-0.2, -0.15) is 5.26 Å². The molecule has 1 fully saturated rings. The molecule has 1 unspecified atom stereocenters. The van der Waals surface area contributed by atoms with Gasteiger partial charge >= 0.3 is 0 Å². The molecule has 0 spiro atoms. The second-order valence-corrected chi connectivity index (χ2v) is 3.78. The summed E-state index contributed by atoms with van der Waals surface area (Å²) in [6.45, 7) is 3.11. The highest BCUT2D eigenvalue weighted by Crippen LogP contribution is 2.10. The lowest BCUT2D eigenvalue weighted by Crippen LogP contribution is -2.17. The lowest BCUT2D eigenvalue weighted by atomic mass is 10.1. The van der Waals surface area contributed by atoms with Crippen LogP contribution in [0.15, 0.2) is 18.3 Å². The number of hydrogen-bond donors (Lipinski definition) is 2. The third kappa shape index (κ3) is 3.37. The lowest BCUT2D eigenvalue weighted by molar-refractivity contribution is 0.614. The van der Waals surface area contributed by atoms with Crippen LogP contribution in [0.1, 0.15) is 12.0 Å². The number of aromatic nitrogens is 1. The molecule has 4 nitrogen and oxygen atoms in total. The Morgan fingerprint density at radius 2 is 2.50 bits per heavy atom. The number of halogens is 1. The molecular weight excluding hydrogens is 224 g/mol. The molecule has 1 atom stereocenters. The minimum absolute atomic E-state index is 0. The van der Waals surface area contributed by atoms with Gasteiger partial charge < -0.3 is 10.6 Å². The van der Waals surface area contributed by atoms with E-state index in [9.17, 15) is 0 Å². The van der Waals surface area contributed by atoms with Crippen molar-refractivity contribution in [2.75, 3.05) is 25.0 Å². The van der Waals surface area contributed by atoms with Crippen molar-refractivity contribution in [2.45, 2.75) is 6.42 Å². The first-order valence-corrected chi connectivity index (χ1v) is 5.19. The van der Waals surface area contributed by atoms with E-state index in [4.69, 9.17) is 5.26 Å². The minimum Gasteiger partial charge on any atom is -0.370 e. The lowest BCUT2D eigenvalue weighted by Gasteiger charge is -2.10. The van der Waals surface area contributed by atoms with E-state index in [1.54, 1.807) is 18.3 Å². The minimum atomic E-state index is 0. The second-order valence-electron chi connectivity index (χ2n) is 3.78. The van der Waals surface area contributed by atoms with E-state index in [1.165, 1.54) is 6.42 Å². The van der Waals surface area contributed by atoms with E-state index in [1.807, 2.05) is 0 Å². The van der Waals surface area contributed by atoms with Gasteiger partial charge in [0.2, 0.25) is 0 Å². The molecule has 1 saturated heterocycles. The number of nitrogens with one attached hydrogen (secondary N) is 2. The average molecular weight is 239 g/mol. The number of anilines is 1. The molecule has 0 bridgehead atoms. The predicted octanol–water partition coefficient (Wildman–Crippen LogP) is 1.40. The third-order valence-corrected chi connectivity index (χ3v) is 2.62. The molecule has 0 aromatic carbocycles. The maximum absolute atomic E-state index is 8.73. The van der Waals surface area contributed by atoms with Crippen LogP contribution in [-0.2, 0) is 0 Å². The zero-order valence-electron chi connectivity index (χ0n) is 8.94. The van der Waals surface area contributed by atoms with E-state index >= 15 is 0 Å². The fourth-order valence-electron chi connectivity index (χ4n) is 1.73. The van der Waals surface area contributed by atoms with Gasteiger partial charge in [0.25, 0.3) is 0 Å². The van der Waals surface area contributed by atoms with Gasteiger partial charge in [0, 0.05) is 12.7 Å². The SMILES string of the molecule is Cl.N#Cc1ccnc(NCC2CCNC2)c1. The van der Waals surface area contributed by atoms with Gasteiger partial charge in [0.05, 0.1) is 11.6 Å². The van der Waals surface area contributed by atoms with E-state index < -0.39 is 0 Å². The van der Waals surface area contributed by atoms with Crippen molar-refractivity contribution in [3.8, 4) is 6.07 Å². The monoisotopic (exact) mass is 238 g/mol. The summed E-state index contributed by atoms with van der Waals surface area (Å²) in [6, 6.07) is 5.59. The van der Waals surface area contributed by atoms with Crippen LogP contribution < -0.4 is 10.6 Å². The van der Waals surface area contributed by atoms with Gasteiger partial charge in [-0.15, -0.1) is 12.4 Å². The Hall–Kier alpha value is -1.31. The summed E-state index contributed by atoms with van der Waals surface area (Å²) in [5.41, 5.74) is 0.650. The Bertz CT molecular complexity index is 368. The molecule has 16 heavy (non-hydrogen) atoms. The normalized spacial score (nSPS) is 18.6. The van der Waals surface area contributed by atoms with Gasteiger partial charge in [0.1, 0.15) is 5.82 Å². The van der Waals surface area contributed by atoms with Gasteiger partial charge in [0.15, 0.2) is 0 Å². The molecule has 0 aliphatic carbocycles. The van der Waals surface area contributed by atoms with Gasteiger partial charge in [-0.05, 0) is 37.6 Å². The number of nitrogens with zero attached hydrogens (tertiary/aromatic N) is 2. The van der Waals surface area contributed by atoms with Crippen LogP contribution in [-0.4, -0.2) is 24.6 Å². The van der Waals surface area contributed by atoms with E-state index in [-0.39, 0.29) is 12.4 Å². The summed E-state index contributed by atoms with van der Waals surface area (Å²) in [4.78, 5) is 4.17. The molecule has 5 heteroatoms. The molecule has 0 saturated carbocycles. The summed E-state index contributed by atoms with van der Waals surface area (Å²) in [5.74, 6) is 1.47. The van der Waals surface area contributed by atoms with Crippen LogP contribution >= 0.6 is 12.4 Å². The Morgan fingerprint density at radius 1 is 1.62 bits per heavy atom. The van der Waals surface area contributed by atoms with Crippen LogP contribution in [0.25, 0.3) is 0 Å². The van der Waals surface area contributed by atoms with Crippen molar-refractivity contribution >= 4 is 18.2 Å². The molecule has 86 valence electrons. The molecule has 2 N–H and O–H groups in total. The number of nitriles is 1. The zero-order valence-corrected chi connectivity index (χ0v) is 9.76. The molecule has 2 rings (SSSR count). The molecule has 2 heterocycles. The van der Waals surface area contributed by atoms with Crippen molar-refractivity contribution in [3.63, 3.8) is 0 Å². The van der Waals surface area contributed by atoms with Crippen molar-refractivity contribution in [2.24, 2.45) is 5.92 Å². The molecule has 1 aliphatic heterocycles. The highest BCUT2D eigenvalue weighted by molar-refractivity contribution is 5.85.